The largest absolute Gasteiger partial charge is 0.481 e. The minimum atomic E-state index is -0.886. The number of hydrogen-bond donors (Lipinski definition) is 2. The number of carbonyl (C=O) groups excluding carboxylic acids is 1. The molecule has 0 bridgehead atoms. The first kappa shape index (κ1) is 11.3. The molecular formula is C7H13NO3S. The molecule has 0 aromatic rings. The predicted molar refractivity (Wildman–Crippen MR) is 48.3 cm³/mol. The molecule has 0 spiro atoms. The van der Waals surface area contributed by atoms with E-state index in [-0.39, 0.29) is 17.4 Å². The lowest BCUT2D eigenvalue weighted by molar-refractivity contribution is -0.133. The second-order valence-corrected chi connectivity index (χ2v) is 3.22. The molecule has 0 atom stereocenters. The Hall–Kier alpha value is -0.710. The van der Waals surface area contributed by atoms with E-state index < -0.39 is 5.97 Å². The number of aliphatic carboxylic acids is 1. The van der Waals surface area contributed by atoms with Crippen molar-refractivity contribution >= 4 is 23.6 Å². The fraction of sp³-hybridized carbons (Fsp3) is 0.714. The lowest BCUT2D eigenvalue weighted by atomic mass is 10.5. The van der Waals surface area contributed by atoms with Crippen molar-refractivity contribution in [3.8, 4) is 0 Å². The van der Waals surface area contributed by atoms with Crippen LogP contribution in [-0.2, 0) is 9.59 Å². The van der Waals surface area contributed by atoms with Gasteiger partial charge in [0.2, 0.25) is 5.91 Å². The molecule has 0 aromatic heterocycles. The number of amides is 1. The minimum Gasteiger partial charge on any atom is -0.481 e. The van der Waals surface area contributed by atoms with Crippen LogP contribution in [0.25, 0.3) is 0 Å². The van der Waals surface area contributed by atoms with Crippen LogP contribution in [-0.4, -0.2) is 35.0 Å². The van der Waals surface area contributed by atoms with Crippen molar-refractivity contribution in [2.24, 2.45) is 0 Å². The van der Waals surface area contributed by atoms with Crippen molar-refractivity contribution in [1.29, 1.82) is 0 Å². The zero-order valence-corrected chi connectivity index (χ0v) is 7.82. The number of hydrogen-bond acceptors (Lipinski definition) is 3. The van der Waals surface area contributed by atoms with Crippen LogP contribution in [0.1, 0.15) is 13.3 Å². The predicted octanol–water partition coefficient (Wildman–Crippen LogP) is 0.330. The molecule has 12 heavy (non-hydrogen) atoms. The van der Waals surface area contributed by atoms with Crippen LogP contribution in [0.4, 0.5) is 0 Å². The van der Waals surface area contributed by atoms with Crippen LogP contribution in [0.2, 0.25) is 0 Å². The molecular weight excluding hydrogens is 178 g/mol. The molecule has 0 saturated carbocycles. The molecule has 0 fully saturated rings. The average Bonchev–Trinajstić information content (AvgIpc) is 2.00. The summed E-state index contributed by atoms with van der Waals surface area (Å²) in [7, 11) is 0. The fourth-order valence-corrected chi connectivity index (χ4v) is 1.11. The highest BCUT2D eigenvalue weighted by molar-refractivity contribution is 8.00. The van der Waals surface area contributed by atoms with Gasteiger partial charge >= 0.3 is 5.97 Å². The molecule has 0 rings (SSSR count). The van der Waals surface area contributed by atoms with Gasteiger partial charge in [-0.2, -0.15) is 0 Å². The Bertz CT molecular complexity index is 161. The van der Waals surface area contributed by atoms with Crippen LogP contribution < -0.4 is 5.32 Å². The lowest BCUT2D eigenvalue weighted by Gasteiger charge is -2.00. The maximum atomic E-state index is 10.9. The standard InChI is InChI=1S/C7H13NO3S/c1-2-3-8-6(9)4-12-5-7(10)11/h2-5H2,1H3,(H,8,9)(H,10,11). The van der Waals surface area contributed by atoms with E-state index in [1.807, 2.05) is 6.92 Å². The monoisotopic (exact) mass is 191 g/mol. The van der Waals surface area contributed by atoms with Gasteiger partial charge in [0, 0.05) is 6.54 Å². The molecule has 0 aliphatic rings. The summed E-state index contributed by atoms with van der Waals surface area (Å²) in [5.41, 5.74) is 0. The van der Waals surface area contributed by atoms with Crippen LogP contribution in [0.5, 0.6) is 0 Å². The van der Waals surface area contributed by atoms with Crippen molar-refractivity contribution in [3.63, 3.8) is 0 Å². The lowest BCUT2D eigenvalue weighted by Crippen LogP contribution is -2.26. The zero-order valence-electron chi connectivity index (χ0n) is 7.00. The van der Waals surface area contributed by atoms with Gasteiger partial charge < -0.3 is 10.4 Å². The fourth-order valence-electron chi connectivity index (χ4n) is 0.546. The summed E-state index contributed by atoms with van der Waals surface area (Å²) in [4.78, 5) is 20.9. The second-order valence-electron chi connectivity index (χ2n) is 2.24. The summed E-state index contributed by atoms with van der Waals surface area (Å²) < 4.78 is 0. The summed E-state index contributed by atoms with van der Waals surface area (Å²) in [6.45, 7) is 2.62. The third kappa shape index (κ3) is 7.40. The van der Waals surface area contributed by atoms with Gasteiger partial charge in [0.05, 0.1) is 11.5 Å². The molecule has 0 heterocycles. The second kappa shape index (κ2) is 6.97. The van der Waals surface area contributed by atoms with Crippen LogP contribution in [0.15, 0.2) is 0 Å². The summed E-state index contributed by atoms with van der Waals surface area (Å²) in [5.74, 6) is -0.766. The molecule has 0 radical (unpaired) electrons. The highest BCUT2D eigenvalue weighted by atomic mass is 32.2. The van der Waals surface area contributed by atoms with E-state index in [2.05, 4.69) is 5.32 Å². The van der Waals surface area contributed by atoms with Crippen molar-refractivity contribution in [1.82, 2.24) is 5.32 Å². The van der Waals surface area contributed by atoms with Gasteiger partial charge in [-0.1, -0.05) is 6.92 Å². The quantitative estimate of drug-likeness (QED) is 0.635. The SMILES string of the molecule is CCCNC(=O)CSCC(=O)O. The van der Waals surface area contributed by atoms with Gasteiger partial charge in [0.15, 0.2) is 0 Å². The van der Waals surface area contributed by atoms with Gasteiger partial charge in [0.1, 0.15) is 0 Å². The number of carboxylic acids is 1. The molecule has 1 amide bonds. The Balaban J connectivity index is 3.25. The van der Waals surface area contributed by atoms with Gasteiger partial charge in [-0.25, -0.2) is 0 Å². The molecule has 70 valence electrons. The number of nitrogens with one attached hydrogen (secondary N) is 1. The van der Waals surface area contributed by atoms with E-state index in [1.165, 1.54) is 0 Å². The summed E-state index contributed by atoms with van der Waals surface area (Å²) in [6.07, 6.45) is 0.898. The Kier molecular flexibility index (Phi) is 6.55. The van der Waals surface area contributed by atoms with E-state index in [1.54, 1.807) is 0 Å². The molecule has 0 aliphatic carbocycles. The maximum Gasteiger partial charge on any atom is 0.313 e. The Labute approximate surface area is 75.7 Å². The van der Waals surface area contributed by atoms with Crippen LogP contribution in [0, 0.1) is 0 Å². The number of carbonyl (C=O) groups is 2. The van der Waals surface area contributed by atoms with E-state index in [0.717, 1.165) is 18.2 Å². The van der Waals surface area contributed by atoms with Gasteiger partial charge in [0.25, 0.3) is 0 Å². The first-order valence-electron chi connectivity index (χ1n) is 3.73. The normalized spacial score (nSPS) is 9.42. The van der Waals surface area contributed by atoms with Gasteiger partial charge in [-0.05, 0) is 6.42 Å². The van der Waals surface area contributed by atoms with Crippen LogP contribution >= 0.6 is 11.8 Å². The average molecular weight is 191 g/mol. The Morgan fingerprint density at radius 3 is 2.58 bits per heavy atom. The van der Waals surface area contributed by atoms with Crippen molar-refractivity contribution in [2.75, 3.05) is 18.1 Å². The molecule has 4 nitrogen and oxygen atoms in total. The molecule has 0 saturated heterocycles. The number of rotatable bonds is 6. The first-order chi connectivity index (χ1) is 5.66. The van der Waals surface area contributed by atoms with Crippen LogP contribution in [0.3, 0.4) is 0 Å². The van der Waals surface area contributed by atoms with E-state index in [9.17, 15) is 9.59 Å². The molecule has 0 aliphatic heterocycles. The highest BCUT2D eigenvalue weighted by Gasteiger charge is 2.02. The Morgan fingerprint density at radius 1 is 1.42 bits per heavy atom. The zero-order chi connectivity index (χ0) is 9.40. The highest BCUT2D eigenvalue weighted by Crippen LogP contribution is 1.97. The van der Waals surface area contributed by atoms with Crippen molar-refractivity contribution < 1.29 is 14.7 Å². The molecule has 2 N–H and O–H groups in total. The number of thioether (sulfide) groups is 1. The summed E-state index contributed by atoms with van der Waals surface area (Å²) >= 11 is 1.11. The van der Waals surface area contributed by atoms with Crippen molar-refractivity contribution in [3.05, 3.63) is 0 Å². The van der Waals surface area contributed by atoms with Gasteiger partial charge in [-0.15, -0.1) is 11.8 Å². The summed E-state index contributed by atoms with van der Waals surface area (Å²) in [5, 5.41) is 10.9. The Morgan fingerprint density at radius 2 is 2.08 bits per heavy atom. The van der Waals surface area contributed by atoms with E-state index >= 15 is 0 Å². The third-order valence-corrected chi connectivity index (χ3v) is 1.95. The van der Waals surface area contributed by atoms with Crippen molar-refractivity contribution in [2.45, 2.75) is 13.3 Å². The minimum absolute atomic E-state index is 0.0143. The van der Waals surface area contributed by atoms with E-state index in [4.69, 9.17) is 5.11 Å². The summed E-state index contributed by atoms with van der Waals surface area (Å²) in [6, 6.07) is 0. The van der Waals surface area contributed by atoms with E-state index in [0.29, 0.717) is 6.54 Å². The first-order valence-corrected chi connectivity index (χ1v) is 4.88. The topological polar surface area (TPSA) is 66.4 Å². The maximum absolute atomic E-state index is 10.9. The molecule has 5 heteroatoms. The molecule has 0 aromatic carbocycles. The smallest absolute Gasteiger partial charge is 0.313 e. The number of carboxylic acid groups (broad SMARTS) is 1. The molecule has 0 unspecified atom stereocenters. The van der Waals surface area contributed by atoms with Gasteiger partial charge in [-0.3, -0.25) is 9.59 Å². The third-order valence-electron chi connectivity index (χ3n) is 1.03.